The molecule has 1 heterocycles. The molecule has 0 bridgehead atoms. The van der Waals surface area contributed by atoms with E-state index in [1.165, 1.54) is 0 Å². The molecule has 0 unspecified atom stereocenters. The van der Waals surface area contributed by atoms with Crippen molar-refractivity contribution in [2.45, 2.75) is 38.3 Å². The Morgan fingerprint density at radius 2 is 2.17 bits per heavy atom. The Kier molecular flexibility index (Phi) is 4.89. The lowest BCUT2D eigenvalue weighted by molar-refractivity contribution is -0.139. The number of rotatable bonds is 6. The van der Waals surface area contributed by atoms with Gasteiger partial charge in [0.05, 0.1) is 13.2 Å². The smallest absolute Gasteiger partial charge is 0.319 e. The van der Waals surface area contributed by atoms with Gasteiger partial charge in [0.15, 0.2) is 0 Å². The fraction of sp³-hybridized carbons (Fsp3) is 0.529. The van der Waals surface area contributed by atoms with Crippen LogP contribution in [-0.2, 0) is 11.2 Å². The van der Waals surface area contributed by atoms with E-state index in [0.29, 0.717) is 13.2 Å². The van der Waals surface area contributed by atoms with Crippen molar-refractivity contribution in [1.29, 1.82) is 0 Å². The number of likely N-dealkylation sites (N-methyl/N-ethyl adjacent to an activating group) is 1. The van der Waals surface area contributed by atoms with Crippen LogP contribution in [0.15, 0.2) is 18.2 Å². The topological polar surface area (TPSA) is 90.9 Å². The minimum atomic E-state index is -0.813. The first-order chi connectivity index (χ1) is 11.5. The number of fused-ring (bicyclic) bond motifs is 1. The van der Waals surface area contributed by atoms with E-state index in [9.17, 15) is 9.59 Å². The van der Waals surface area contributed by atoms with Crippen molar-refractivity contribution in [3.63, 3.8) is 0 Å². The normalized spacial score (nSPS) is 21.6. The lowest BCUT2D eigenvalue weighted by Crippen LogP contribution is -2.55. The first kappa shape index (κ1) is 16.6. The van der Waals surface area contributed by atoms with Crippen molar-refractivity contribution < 1.29 is 19.4 Å². The zero-order chi connectivity index (χ0) is 17.1. The third-order valence-corrected chi connectivity index (χ3v) is 4.66. The number of anilines is 1. The third kappa shape index (κ3) is 3.79. The number of aliphatic carboxylic acids is 1. The molecule has 1 aliphatic heterocycles. The number of urea groups is 1. The maximum atomic E-state index is 12.1. The summed E-state index contributed by atoms with van der Waals surface area (Å²) in [5.41, 5.74) is 1.87. The monoisotopic (exact) mass is 333 g/mol. The van der Waals surface area contributed by atoms with E-state index < -0.39 is 5.97 Å². The van der Waals surface area contributed by atoms with Gasteiger partial charge in [0.25, 0.3) is 0 Å². The third-order valence-electron chi connectivity index (χ3n) is 4.66. The highest BCUT2D eigenvalue weighted by Crippen LogP contribution is 2.28. The fourth-order valence-electron chi connectivity index (χ4n) is 3.29. The van der Waals surface area contributed by atoms with Gasteiger partial charge in [-0.2, -0.15) is 0 Å². The van der Waals surface area contributed by atoms with Crippen LogP contribution in [0.2, 0.25) is 0 Å². The number of carboxylic acids is 1. The van der Waals surface area contributed by atoms with Crippen LogP contribution in [0.4, 0.5) is 10.5 Å². The molecule has 1 saturated carbocycles. The summed E-state index contributed by atoms with van der Waals surface area (Å²) in [5.74, 6) is 0.0764. The number of hydrogen-bond donors (Lipinski definition) is 3. The van der Waals surface area contributed by atoms with Gasteiger partial charge in [-0.15, -0.1) is 0 Å². The number of amides is 2. The zero-order valence-electron chi connectivity index (χ0n) is 13.7. The van der Waals surface area contributed by atoms with Gasteiger partial charge in [-0.25, -0.2) is 4.79 Å². The van der Waals surface area contributed by atoms with Crippen LogP contribution < -0.4 is 15.4 Å². The second-order valence-electron chi connectivity index (χ2n) is 6.30. The Hall–Kier alpha value is -2.28. The largest absolute Gasteiger partial charge is 0.493 e. The first-order valence-electron chi connectivity index (χ1n) is 8.34. The summed E-state index contributed by atoms with van der Waals surface area (Å²) in [6, 6.07) is 5.75. The molecule has 130 valence electrons. The van der Waals surface area contributed by atoms with Crippen LogP contribution in [0, 0.1) is 0 Å². The molecule has 1 aromatic rings. The Bertz CT molecular complexity index is 628. The van der Waals surface area contributed by atoms with Crippen LogP contribution in [-0.4, -0.2) is 53.8 Å². The molecule has 3 rings (SSSR count). The zero-order valence-corrected chi connectivity index (χ0v) is 13.7. The van der Waals surface area contributed by atoms with E-state index in [2.05, 4.69) is 10.6 Å². The number of carboxylic acid groups (broad SMARTS) is 1. The van der Waals surface area contributed by atoms with E-state index in [0.717, 1.165) is 36.3 Å². The number of ether oxygens (including phenoxy) is 1. The van der Waals surface area contributed by atoms with Gasteiger partial charge in [0.1, 0.15) is 5.75 Å². The second-order valence-corrected chi connectivity index (χ2v) is 6.30. The highest BCUT2D eigenvalue weighted by atomic mass is 16.5. The highest BCUT2D eigenvalue weighted by molar-refractivity contribution is 5.89. The molecule has 0 atom stereocenters. The summed E-state index contributed by atoms with van der Waals surface area (Å²) in [5, 5.41) is 14.7. The van der Waals surface area contributed by atoms with Gasteiger partial charge in [0, 0.05) is 24.2 Å². The summed E-state index contributed by atoms with van der Waals surface area (Å²) in [4.78, 5) is 24.8. The molecule has 0 saturated heterocycles. The standard InChI is InChI=1S/C17H23N3O4/c1-2-20(10-16(21)22)14-8-13(9-14)19-17(23)18-12-3-4-15-11(7-12)5-6-24-15/h3-4,7,13-14H,2,5-6,8-10H2,1H3,(H,21,22)(H2,18,19,23). The summed E-state index contributed by atoms with van der Waals surface area (Å²) >= 11 is 0. The van der Waals surface area contributed by atoms with E-state index in [1.54, 1.807) is 0 Å². The van der Waals surface area contributed by atoms with Gasteiger partial charge >= 0.3 is 12.0 Å². The van der Waals surface area contributed by atoms with Crippen molar-refractivity contribution in [2.75, 3.05) is 25.0 Å². The Balaban J connectivity index is 1.44. The Labute approximate surface area is 141 Å². The average molecular weight is 333 g/mol. The molecule has 2 aliphatic rings. The second kappa shape index (κ2) is 7.09. The molecule has 7 nitrogen and oxygen atoms in total. The Morgan fingerprint density at radius 3 is 2.88 bits per heavy atom. The molecule has 1 fully saturated rings. The van der Waals surface area contributed by atoms with Crippen LogP contribution in [0.25, 0.3) is 0 Å². The molecular weight excluding hydrogens is 310 g/mol. The van der Waals surface area contributed by atoms with Crippen molar-refractivity contribution in [1.82, 2.24) is 10.2 Å². The van der Waals surface area contributed by atoms with Crippen molar-refractivity contribution in [2.24, 2.45) is 0 Å². The lowest BCUT2D eigenvalue weighted by Gasteiger charge is -2.42. The lowest BCUT2D eigenvalue weighted by atomic mass is 9.85. The molecule has 3 N–H and O–H groups in total. The molecule has 24 heavy (non-hydrogen) atoms. The quantitative estimate of drug-likeness (QED) is 0.737. The molecule has 2 amide bonds. The van der Waals surface area contributed by atoms with Gasteiger partial charge in [0.2, 0.25) is 0 Å². The SMILES string of the molecule is CCN(CC(=O)O)C1CC(NC(=O)Nc2ccc3c(c2)CCO3)C1. The molecule has 7 heteroatoms. The number of carbonyl (C=O) groups is 2. The minimum Gasteiger partial charge on any atom is -0.493 e. The number of hydrogen-bond acceptors (Lipinski definition) is 4. The van der Waals surface area contributed by atoms with Crippen LogP contribution in [0.1, 0.15) is 25.3 Å². The van der Waals surface area contributed by atoms with Gasteiger partial charge in [-0.3, -0.25) is 9.69 Å². The summed E-state index contributed by atoms with van der Waals surface area (Å²) in [6.07, 6.45) is 2.44. The van der Waals surface area contributed by atoms with Crippen molar-refractivity contribution in [3.8, 4) is 5.75 Å². The van der Waals surface area contributed by atoms with E-state index >= 15 is 0 Å². The van der Waals surface area contributed by atoms with E-state index in [1.807, 2.05) is 30.0 Å². The maximum Gasteiger partial charge on any atom is 0.319 e. The maximum absolute atomic E-state index is 12.1. The minimum absolute atomic E-state index is 0.0529. The van der Waals surface area contributed by atoms with Crippen LogP contribution in [0.5, 0.6) is 5.75 Å². The van der Waals surface area contributed by atoms with Crippen LogP contribution >= 0.6 is 0 Å². The molecule has 1 aromatic carbocycles. The van der Waals surface area contributed by atoms with E-state index in [-0.39, 0.29) is 24.7 Å². The average Bonchev–Trinajstić information content (AvgIpc) is 2.96. The summed E-state index contributed by atoms with van der Waals surface area (Å²) < 4.78 is 5.45. The molecule has 0 radical (unpaired) electrons. The predicted octanol–water partition coefficient (Wildman–Crippen LogP) is 1.68. The number of carbonyl (C=O) groups excluding carboxylic acids is 1. The van der Waals surface area contributed by atoms with Gasteiger partial charge in [-0.1, -0.05) is 6.92 Å². The van der Waals surface area contributed by atoms with E-state index in [4.69, 9.17) is 9.84 Å². The summed E-state index contributed by atoms with van der Waals surface area (Å²) in [7, 11) is 0. The number of benzene rings is 1. The summed E-state index contributed by atoms with van der Waals surface area (Å²) in [6.45, 7) is 3.40. The highest BCUT2D eigenvalue weighted by Gasteiger charge is 2.34. The predicted molar refractivity (Wildman–Crippen MR) is 89.5 cm³/mol. The van der Waals surface area contributed by atoms with Gasteiger partial charge < -0.3 is 20.5 Å². The Morgan fingerprint density at radius 1 is 1.38 bits per heavy atom. The molecule has 0 spiro atoms. The van der Waals surface area contributed by atoms with Crippen molar-refractivity contribution in [3.05, 3.63) is 23.8 Å². The number of nitrogens with one attached hydrogen (secondary N) is 2. The molecular formula is C17H23N3O4. The van der Waals surface area contributed by atoms with Crippen molar-refractivity contribution >= 4 is 17.7 Å². The molecule has 0 aromatic heterocycles. The van der Waals surface area contributed by atoms with Crippen LogP contribution in [0.3, 0.4) is 0 Å². The van der Waals surface area contributed by atoms with Gasteiger partial charge in [-0.05, 0) is 43.1 Å². The molecule has 1 aliphatic carbocycles. The fourth-order valence-corrected chi connectivity index (χ4v) is 3.29. The first-order valence-corrected chi connectivity index (χ1v) is 8.34. The number of nitrogens with zero attached hydrogens (tertiary/aromatic N) is 1.